The summed E-state index contributed by atoms with van der Waals surface area (Å²) in [5, 5.41) is 0. The van der Waals surface area contributed by atoms with Gasteiger partial charge in [0.1, 0.15) is 11.4 Å². The first-order chi connectivity index (χ1) is 13.0. The number of ether oxygens (including phenoxy) is 2. The molecule has 1 fully saturated rings. The van der Waals surface area contributed by atoms with Gasteiger partial charge in [0.25, 0.3) is 0 Å². The zero-order valence-electron chi connectivity index (χ0n) is 20.0. The Kier molecular flexibility index (Phi) is 4.31. The third kappa shape index (κ3) is 5.28. The van der Waals surface area contributed by atoms with Gasteiger partial charge in [-0.2, -0.15) is 0 Å². The molecule has 1 heterocycles. The highest BCUT2D eigenvalue weighted by Crippen LogP contribution is 2.36. The second-order valence-electron chi connectivity index (χ2n) is 7.65. The third-order valence-corrected chi connectivity index (χ3v) is 3.77. The van der Waals surface area contributed by atoms with Crippen molar-refractivity contribution in [2.24, 2.45) is 0 Å². The zero-order valence-corrected chi connectivity index (χ0v) is 16.0. The first-order valence-corrected chi connectivity index (χ1v) is 8.63. The average Bonchev–Trinajstić information content (AvgIpc) is 2.44. The van der Waals surface area contributed by atoms with Crippen LogP contribution in [0.4, 0.5) is 10.5 Å². The van der Waals surface area contributed by atoms with E-state index in [9.17, 15) is 4.79 Å². The minimum atomic E-state index is -2.22. The predicted octanol–water partition coefficient (Wildman–Crippen LogP) is 4.48. The van der Waals surface area contributed by atoms with Crippen molar-refractivity contribution in [2.45, 2.75) is 72.0 Å². The quantitative estimate of drug-likeness (QED) is 0.815. The van der Waals surface area contributed by atoms with Gasteiger partial charge in [0.05, 0.1) is 11.8 Å². The van der Waals surface area contributed by atoms with Crippen LogP contribution in [0, 0.1) is 6.92 Å². The number of amides is 1. The number of hydrogen-bond acceptors (Lipinski definition) is 4. The van der Waals surface area contributed by atoms with E-state index in [2.05, 4.69) is 0 Å². The van der Waals surface area contributed by atoms with E-state index in [1.807, 2.05) is 20.8 Å². The summed E-state index contributed by atoms with van der Waals surface area (Å²) in [6.45, 7) is 6.18. The minimum absolute atomic E-state index is 0.0579. The maximum Gasteiger partial charge on any atom is 0.410 e. The van der Waals surface area contributed by atoms with Crippen LogP contribution in [0.15, 0.2) is 12.1 Å². The van der Waals surface area contributed by atoms with Gasteiger partial charge in [0.15, 0.2) is 0 Å². The lowest BCUT2D eigenvalue weighted by molar-refractivity contribution is 0.0204. The molecular formula is C20H32N2O3. The van der Waals surface area contributed by atoms with Crippen molar-refractivity contribution >= 4 is 11.8 Å². The molecule has 5 nitrogen and oxygen atoms in total. The lowest BCUT2D eigenvalue weighted by Crippen LogP contribution is -2.41. The maximum absolute atomic E-state index is 12.6. The van der Waals surface area contributed by atoms with Crippen molar-refractivity contribution in [3.63, 3.8) is 0 Å². The molecule has 25 heavy (non-hydrogen) atoms. The topological polar surface area (TPSA) is 64.8 Å². The molecule has 1 amide bonds. The Labute approximate surface area is 157 Å². The smallest absolute Gasteiger partial charge is 0.410 e. The van der Waals surface area contributed by atoms with Gasteiger partial charge in [-0.15, -0.1) is 0 Å². The van der Waals surface area contributed by atoms with Crippen molar-refractivity contribution in [3.05, 3.63) is 23.3 Å². The van der Waals surface area contributed by atoms with E-state index in [-0.39, 0.29) is 18.9 Å². The molecule has 140 valence electrons. The van der Waals surface area contributed by atoms with Gasteiger partial charge in [0, 0.05) is 18.5 Å². The van der Waals surface area contributed by atoms with Crippen molar-refractivity contribution < 1.29 is 19.8 Å². The molecule has 1 saturated heterocycles. The van der Waals surface area contributed by atoms with Crippen LogP contribution in [-0.4, -0.2) is 35.7 Å². The Morgan fingerprint density at radius 3 is 2.44 bits per heavy atom. The van der Waals surface area contributed by atoms with Crippen LogP contribution < -0.4 is 10.5 Å². The molecule has 1 aliphatic rings. The van der Waals surface area contributed by atoms with Gasteiger partial charge in [0.2, 0.25) is 0 Å². The molecule has 0 spiro atoms. The van der Waals surface area contributed by atoms with E-state index in [0.717, 1.165) is 11.1 Å². The monoisotopic (exact) mass is 352 g/mol. The Morgan fingerprint density at radius 2 is 1.92 bits per heavy atom. The molecule has 0 bridgehead atoms. The number of aryl methyl sites for hydroxylation is 1. The first kappa shape index (κ1) is 14.3. The fourth-order valence-corrected chi connectivity index (χ4v) is 2.71. The molecule has 2 N–H and O–H groups in total. The summed E-state index contributed by atoms with van der Waals surface area (Å²) in [5.41, 5.74) is 7.29. The molecule has 0 aliphatic carbocycles. The summed E-state index contributed by atoms with van der Waals surface area (Å²) < 4.78 is 44.7. The summed E-state index contributed by atoms with van der Waals surface area (Å²) in [6.07, 6.45) is -1.20. The molecule has 1 aliphatic heterocycles. The summed E-state index contributed by atoms with van der Waals surface area (Å²) >= 11 is 0. The Hall–Kier alpha value is -1.91. The number of nitrogens with zero attached hydrogens (tertiary/aromatic N) is 1. The van der Waals surface area contributed by atoms with Crippen LogP contribution in [0.3, 0.4) is 0 Å². The van der Waals surface area contributed by atoms with Crippen LogP contribution >= 0.6 is 0 Å². The van der Waals surface area contributed by atoms with E-state index in [1.54, 1.807) is 32.9 Å². The zero-order chi connectivity index (χ0) is 22.4. The van der Waals surface area contributed by atoms with E-state index < -0.39 is 30.6 Å². The fraction of sp³-hybridized carbons (Fsp3) is 0.650. The van der Waals surface area contributed by atoms with Gasteiger partial charge in [-0.1, -0.05) is 0 Å². The fourth-order valence-electron chi connectivity index (χ4n) is 2.71. The van der Waals surface area contributed by atoms with Crippen LogP contribution in [-0.2, 0) is 4.74 Å². The number of rotatable bonds is 3. The van der Waals surface area contributed by atoms with Gasteiger partial charge in [-0.3, -0.25) is 0 Å². The molecule has 5 heteroatoms. The third-order valence-electron chi connectivity index (χ3n) is 3.77. The van der Waals surface area contributed by atoms with Crippen molar-refractivity contribution in [1.29, 1.82) is 0 Å². The number of hydrogen-bond donors (Lipinski definition) is 1. The van der Waals surface area contributed by atoms with Crippen LogP contribution in [0.25, 0.3) is 0 Å². The predicted molar refractivity (Wildman–Crippen MR) is 101 cm³/mol. The van der Waals surface area contributed by atoms with Crippen LogP contribution in [0.5, 0.6) is 5.75 Å². The number of carbonyl (C=O) groups is 1. The summed E-state index contributed by atoms with van der Waals surface area (Å²) in [7, 11) is 0. The van der Waals surface area contributed by atoms with Crippen LogP contribution in [0.1, 0.15) is 70.0 Å². The van der Waals surface area contributed by atoms with Gasteiger partial charge in [-0.05, 0) is 83.6 Å². The Balaban J connectivity index is 2.40. The van der Waals surface area contributed by atoms with Gasteiger partial charge < -0.3 is 20.1 Å². The molecular weight excluding hydrogens is 316 g/mol. The number of nitrogen functional groups attached to an aromatic ring is 1. The molecule has 0 saturated carbocycles. The standard InChI is InChI=1S/C20H32N2O3/c1-13(2)24-18-12-16(14(3)11-17(18)21)15-7-9-22(10-8-15)19(23)25-20(4,5)6/h11-13,15H,7-10,21H2,1-6H3/i9D2,10D2. The number of benzene rings is 1. The molecule has 1 aromatic carbocycles. The van der Waals surface area contributed by atoms with Crippen molar-refractivity contribution in [1.82, 2.24) is 4.90 Å². The molecule has 0 aromatic heterocycles. The van der Waals surface area contributed by atoms with E-state index in [0.29, 0.717) is 16.3 Å². The number of likely N-dealkylation sites (tertiary alicyclic amines) is 1. The van der Waals surface area contributed by atoms with Crippen LogP contribution in [0.2, 0.25) is 0 Å². The lowest BCUT2D eigenvalue weighted by atomic mass is 9.86. The van der Waals surface area contributed by atoms with Gasteiger partial charge >= 0.3 is 6.09 Å². The summed E-state index contributed by atoms with van der Waals surface area (Å²) in [5.74, 6) is 0.0464. The molecule has 0 unspecified atom stereocenters. The SMILES string of the molecule is [2H]C1([2H])CC(c2cc(OC(C)C)c(N)cc2C)CC([2H])([2H])N1C(=O)OC(C)(C)C. The highest BCUT2D eigenvalue weighted by atomic mass is 16.6. The number of anilines is 1. The van der Waals surface area contributed by atoms with E-state index in [1.165, 1.54) is 0 Å². The lowest BCUT2D eigenvalue weighted by Gasteiger charge is -2.34. The molecule has 2 rings (SSSR count). The highest BCUT2D eigenvalue weighted by molar-refractivity contribution is 5.68. The van der Waals surface area contributed by atoms with Crippen molar-refractivity contribution in [3.8, 4) is 5.75 Å². The number of nitrogens with two attached hydrogens (primary N) is 1. The normalized spacial score (nSPS) is 22.6. The second kappa shape index (κ2) is 7.54. The number of carbonyl (C=O) groups excluding carboxylic acids is 1. The summed E-state index contributed by atoms with van der Waals surface area (Å²) in [6, 6.07) is 3.53. The molecule has 0 atom stereocenters. The molecule has 0 radical (unpaired) electrons. The maximum atomic E-state index is 12.6. The van der Waals surface area contributed by atoms with E-state index in [4.69, 9.17) is 20.7 Å². The second-order valence-corrected chi connectivity index (χ2v) is 7.65. The van der Waals surface area contributed by atoms with Gasteiger partial charge in [-0.25, -0.2) is 4.79 Å². The first-order valence-electron chi connectivity index (χ1n) is 10.6. The summed E-state index contributed by atoms with van der Waals surface area (Å²) in [4.78, 5) is 13.2. The Morgan fingerprint density at radius 1 is 1.32 bits per heavy atom. The number of piperidine rings is 1. The van der Waals surface area contributed by atoms with Crippen molar-refractivity contribution in [2.75, 3.05) is 18.7 Å². The highest BCUT2D eigenvalue weighted by Gasteiger charge is 2.28. The van der Waals surface area contributed by atoms with E-state index >= 15 is 0 Å². The largest absolute Gasteiger partial charge is 0.489 e. The Bertz CT molecular complexity index is 758. The molecule has 1 aromatic rings. The average molecular weight is 353 g/mol. The minimum Gasteiger partial charge on any atom is -0.489 e.